The van der Waals surface area contributed by atoms with Crippen LogP contribution in [0.3, 0.4) is 0 Å². The van der Waals surface area contributed by atoms with Crippen molar-refractivity contribution in [2.45, 2.75) is 57.8 Å². The Morgan fingerprint density at radius 1 is 0.175 bits per heavy atom. The number of pyridine rings is 2. The highest BCUT2D eigenvalue weighted by atomic mass is 16.3. The molecule has 0 atom stereocenters. The van der Waals surface area contributed by atoms with Crippen molar-refractivity contribution in [3.05, 3.63) is 392 Å². The zero-order valence-corrected chi connectivity index (χ0v) is 69.7. The standard InChI is InChI=1S/C42H29N3O.C36H25N3O.C34H23N5O/c1-42(2)35-19-10-9-18-31(35)32-25-38-34(24-36(32)42)33-23-30(20-21-37(33)46-38)41-44-39(27-14-7-4-8-15-27)43-40(45-41)29-17-11-16-28(22-29)26-12-5-3-6-13-26;1-36(2)29-16-10-9-15-25(29)26-21-32-28(20-30(26)36)27-19-24(17-18-31(27)40-32)35-38-33(22-11-5-3-6-12-22)37-34(39-35)23-13-7-4-8-14-23;1-34(2)25-10-4-3-9-21(25)22-19-30-24(18-26(22)34)23-17-20(13-14-29(23)40-30)31-37-32(27-11-5-7-15-35-27)39-33(38-31)28-12-6-8-16-36-28/h3-25H,1-2H3;3-21H,1-2H3;3-19H,1-2H3. The molecule has 3 aliphatic carbocycles. The first-order chi connectivity index (χ1) is 61.6. The molecular weight excluding hydrogens is 1550 g/mol. The van der Waals surface area contributed by atoms with Gasteiger partial charge in [0.25, 0.3) is 0 Å². The Bertz CT molecular complexity index is 7690. The quantitative estimate of drug-likeness (QED) is 0.126. The number of furan rings is 3. The second-order valence-electron chi connectivity index (χ2n) is 34.0. The van der Waals surface area contributed by atoms with Crippen LogP contribution >= 0.6 is 0 Å². The third kappa shape index (κ3) is 12.8. The number of nitrogens with zero attached hydrogens (tertiary/aromatic N) is 11. The highest BCUT2D eigenvalue weighted by molar-refractivity contribution is 6.11. The summed E-state index contributed by atoms with van der Waals surface area (Å²) in [5, 5.41) is 6.43. The summed E-state index contributed by atoms with van der Waals surface area (Å²) in [5.41, 5.74) is 30.6. The summed E-state index contributed by atoms with van der Waals surface area (Å²) in [6.45, 7) is 13.8. The largest absolute Gasteiger partial charge is 0.456 e. The lowest BCUT2D eigenvalue weighted by Crippen LogP contribution is -2.14. The predicted molar refractivity (Wildman–Crippen MR) is 504 cm³/mol. The fourth-order valence-electron chi connectivity index (χ4n) is 18.8. The lowest BCUT2D eigenvalue weighted by Gasteiger charge is -2.21. The Morgan fingerprint density at radius 3 is 0.770 bits per heavy atom. The molecule has 25 rings (SSSR count). The van der Waals surface area contributed by atoms with Gasteiger partial charge in [-0.15, -0.1) is 0 Å². The molecule has 0 N–H and O–H groups in total. The summed E-state index contributed by atoms with van der Waals surface area (Å²) in [6.07, 6.45) is 3.47. The van der Waals surface area contributed by atoms with E-state index in [4.69, 9.17) is 58.1 Å². The first-order valence-corrected chi connectivity index (χ1v) is 42.4. The van der Waals surface area contributed by atoms with E-state index in [9.17, 15) is 0 Å². The molecule has 0 fully saturated rings. The first kappa shape index (κ1) is 74.8. The van der Waals surface area contributed by atoms with Crippen molar-refractivity contribution in [2.75, 3.05) is 0 Å². The lowest BCUT2D eigenvalue weighted by atomic mass is 9.82. The third-order valence-electron chi connectivity index (χ3n) is 25.3. The molecule has 126 heavy (non-hydrogen) atoms. The van der Waals surface area contributed by atoms with Crippen LogP contribution in [0.1, 0.15) is 74.9 Å². The van der Waals surface area contributed by atoms with E-state index in [0.717, 1.165) is 116 Å². The highest BCUT2D eigenvalue weighted by Gasteiger charge is 2.39. The van der Waals surface area contributed by atoms with E-state index in [2.05, 4.69) is 227 Å². The minimum Gasteiger partial charge on any atom is -0.456 e. The van der Waals surface area contributed by atoms with Crippen LogP contribution in [0.25, 0.3) is 213 Å². The molecule has 598 valence electrons. The molecule has 0 saturated heterocycles. The molecule has 14 nitrogen and oxygen atoms in total. The molecule has 0 aliphatic heterocycles. The van der Waals surface area contributed by atoms with Crippen molar-refractivity contribution < 1.29 is 13.3 Å². The molecule has 0 amide bonds. The van der Waals surface area contributed by atoms with Gasteiger partial charge >= 0.3 is 0 Å². The minimum atomic E-state index is -0.0939. The predicted octanol–water partition coefficient (Wildman–Crippen LogP) is 27.7. The van der Waals surface area contributed by atoms with Gasteiger partial charge in [-0.1, -0.05) is 266 Å². The molecule has 0 spiro atoms. The summed E-state index contributed by atoms with van der Waals surface area (Å²) in [7, 11) is 0. The van der Waals surface area contributed by atoms with Crippen LogP contribution in [-0.4, -0.2) is 54.8 Å². The van der Waals surface area contributed by atoms with Gasteiger partial charge < -0.3 is 13.3 Å². The van der Waals surface area contributed by atoms with E-state index < -0.39 is 0 Å². The number of hydrogen-bond donors (Lipinski definition) is 0. The van der Waals surface area contributed by atoms with E-state index in [-0.39, 0.29) is 16.2 Å². The average molecular weight is 1620 g/mol. The Hall–Kier alpha value is -16.2. The van der Waals surface area contributed by atoms with Crippen molar-refractivity contribution >= 4 is 65.8 Å². The third-order valence-corrected chi connectivity index (χ3v) is 25.3. The molecule has 14 heteroatoms. The van der Waals surface area contributed by atoms with E-state index in [1.807, 2.05) is 170 Å². The second kappa shape index (κ2) is 29.6. The summed E-state index contributed by atoms with van der Waals surface area (Å²) < 4.78 is 19.2. The van der Waals surface area contributed by atoms with Gasteiger partial charge in [0, 0.05) is 99.9 Å². The maximum atomic E-state index is 6.44. The van der Waals surface area contributed by atoms with Gasteiger partial charge in [0.2, 0.25) is 0 Å². The van der Waals surface area contributed by atoms with Crippen molar-refractivity contribution in [3.8, 4) is 147 Å². The van der Waals surface area contributed by atoms with E-state index in [0.29, 0.717) is 63.8 Å². The van der Waals surface area contributed by atoms with Gasteiger partial charge in [0.05, 0.1) is 0 Å². The van der Waals surface area contributed by atoms with Gasteiger partial charge in [-0.2, -0.15) is 0 Å². The van der Waals surface area contributed by atoms with Crippen LogP contribution in [0.15, 0.2) is 371 Å². The van der Waals surface area contributed by atoms with Gasteiger partial charge in [0.1, 0.15) is 44.9 Å². The van der Waals surface area contributed by atoms with Crippen molar-refractivity contribution in [3.63, 3.8) is 0 Å². The van der Waals surface area contributed by atoms with Crippen molar-refractivity contribution in [1.82, 2.24) is 54.8 Å². The lowest BCUT2D eigenvalue weighted by molar-refractivity contribution is 0.657. The fraction of sp³-hybridized carbons (Fsp3) is 0.0804. The number of rotatable bonds is 10. The van der Waals surface area contributed by atoms with Crippen LogP contribution in [0, 0.1) is 0 Å². The zero-order chi connectivity index (χ0) is 84.5. The summed E-state index contributed by atoms with van der Waals surface area (Å²) >= 11 is 0. The van der Waals surface area contributed by atoms with Crippen molar-refractivity contribution in [2.24, 2.45) is 0 Å². The molecule has 3 aliphatic rings. The Morgan fingerprint density at radius 2 is 0.437 bits per heavy atom. The van der Waals surface area contributed by atoms with Crippen LogP contribution in [-0.2, 0) is 16.2 Å². The van der Waals surface area contributed by atoms with E-state index in [1.54, 1.807) is 12.4 Å². The van der Waals surface area contributed by atoms with E-state index >= 15 is 0 Å². The van der Waals surface area contributed by atoms with Crippen LogP contribution < -0.4 is 0 Å². The smallest absolute Gasteiger partial charge is 0.182 e. The van der Waals surface area contributed by atoms with E-state index in [1.165, 1.54) is 66.8 Å². The summed E-state index contributed by atoms with van der Waals surface area (Å²) in [5.74, 6) is 5.40. The molecule has 8 aromatic heterocycles. The molecular formula is C112H77N11O3. The molecule has 14 aromatic carbocycles. The topological polar surface area (TPSA) is 181 Å². The molecule has 22 aromatic rings. The van der Waals surface area contributed by atoms with Crippen LogP contribution in [0.2, 0.25) is 0 Å². The van der Waals surface area contributed by atoms with Crippen LogP contribution in [0.5, 0.6) is 0 Å². The molecule has 0 unspecified atom stereocenters. The number of benzene rings is 14. The van der Waals surface area contributed by atoms with Gasteiger partial charge in [0.15, 0.2) is 52.4 Å². The highest BCUT2D eigenvalue weighted by Crippen LogP contribution is 2.55. The molecule has 0 radical (unpaired) electrons. The van der Waals surface area contributed by atoms with Gasteiger partial charge in [-0.3, -0.25) is 9.97 Å². The Balaban J connectivity index is 0.000000109. The minimum absolute atomic E-state index is 0.0787. The molecule has 8 heterocycles. The first-order valence-electron chi connectivity index (χ1n) is 42.4. The van der Waals surface area contributed by atoms with Gasteiger partial charge in [-0.05, 0) is 199 Å². The zero-order valence-electron chi connectivity index (χ0n) is 69.7. The Kier molecular flexibility index (Phi) is 17.6. The summed E-state index contributed by atoms with van der Waals surface area (Å²) in [4.78, 5) is 53.1. The maximum absolute atomic E-state index is 6.44. The van der Waals surface area contributed by atoms with Crippen LogP contribution in [0.4, 0.5) is 0 Å². The number of fused-ring (bicyclic) bond motifs is 18. The number of hydrogen-bond acceptors (Lipinski definition) is 14. The second-order valence-corrected chi connectivity index (χ2v) is 34.0. The Labute approximate surface area is 725 Å². The molecule has 0 saturated carbocycles. The molecule has 0 bridgehead atoms. The normalized spacial score (nSPS) is 13.3. The maximum Gasteiger partial charge on any atom is 0.182 e. The number of aromatic nitrogens is 11. The summed E-state index contributed by atoms with van der Waals surface area (Å²) in [6, 6.07) is 119. The monoisotopic (exact) mass is 1620 g/mol. The average Bonchev–Trinajstić information content (AvgIpc) is 1.57. The van der Waals surface area contributed by atoms with Gasteiger partial charge in [-0.25, -0.2) is 44.9 Å². The SMILES string of the molecule is CC1(C)c2ccccc2-c2cc3oc4ccc(-c5nc(-c6ccccc6)nc(-c6cccc(-c7ccccc7)c6)n5)cc4c3cc21.CC1(C)c2ccccc2-c2cc3oc4ccc(-c5nc(-c6ccccc6)nc(-c6ccccc6)n5)cc4c3cc21.CC1(C)c2ccccc2-c2cc3oc4ccc(-c5nc(-c6ccccn6)nc(-c6ccccn6)n5)cc4c3cc21. The fourth-order valence-corrected chi connectivity index (χ4v) is 18.8. The van der Waals surface area contributed by atoms with Crippen molar-refractivity contribution in [1.29, 1.82) is 0 Å².